The summed E-state index contributed by atoms with van der Waals surface area (Å²) in [5, 5.41) is 2.82. The number of hydrogen-bond acceptors (Lipinski definition) is 4. The number of hydrogen-bond donors (Lipinski definition) is 0. The van der Waals surface area contributed by atoms with Gasteiger partial charge in [0.2, 0.25) is 0 Å². The number of benzene rings is 1. The molecule has 3 nitrogen and oxygen atoms in total. The van der Waals surface area contributed by atoms with Gasteiger partial charge in [-0.05, 0) is 13.8 Å². The average Bonchev–Trinajstić information content (AvgIpc) is 2.89. The average molecular weight is 275 g/mol. The van der Waals surface area contributed by atoms with E-state index < -0.39 is 5.60 Å². The van der Waals surface area contributed by atoms with Crippen molar-refractivity contribution >= 4 is 17.1 Å². The van der Waals surface area contributed by atoms with E-state index in [0.29, 0.717) is 6.42 Å². The molecule has 0 fully saturated rings. The van der Waals surface area contributed by atoms with E-state index in [2.05, 4.69) is 4.98 Å². The van der Waals surface area contributed by atoms with E-state index in [-0.39, 0.29) is 5.78 Å². The maximum atomic E-state index is 12.1. The summed E-state index contributed by atoms with van der Waals surface area (Å²) < 4.78 is 5.39. The Hall–Kier alpha value is -1.52. The van der Waals surface area contributed by atoms with Crippen molar-refractivity contribution in [2.45, 2.75) is 25.9 Å². The summed E-state index contributed by atoms with van der Waals surface area (Å²) in [5.74, 6) is 0.0904. The van der Waals surface area contributed by atoms with Crippen LogP contribution < -0.4 is 0 Å². The third-order valence-electron chi connectivity index (χ3n) is 3.01. The number of carbonyl (C=O) groups excluding carboxylic acids is 1. The first kappa shape index (κ1) is 13.9. The summed E-state index contributed by atoms with van der Waals surface area (Å²) in [5.41, 5.74) is 1.13. The van der Waals surface area contributed by atoms with Crippen molar-refractivity contribution in [3.05, 3.63) is 52.0 Å². The van der Waals surface area contributed by atoms with E-state index >= 15 is 0 Å². The predicted molar refractivity (Wildman–Crippen MR) is 76.6 cm³/mol. The van der Waals surface area contributed by atoms with Gasteiger partial charge < -0.3 is 4.74 Å². The van der Waals surface area contributed by atoms with Gasteiger partial charge >= 0.3 is 0 Å². The summed E-state index contributed by atoms with van der Waals surface area (Å²) in [7, 11) is 1.66. The Kier molecular flexibility index (Phi) is 4.12. The monoisotopic (exact) mass is 275 g/mol. The zero-order valence-electron chi connectivity index (χ0n) is 11.3. The molecule has 0 aliphatic rings. The van der Waals surface area contributed by atoms with Crippen LogP contribution in [0.5, 0.6) is 0 Å². The highest BCUT2D eigenvalue weighted by molar-refractivity contribution is 7.09. The number of Topliss-reactive ketones (excluding diaryl/α,β-unsaturated/α-hetero) is 1. The molecule has 1 heterocycles. The fourth-order valence-corrected chi connectivity index (χ4v) is 2.56. The zero-order valence-corrected chi connectivity index (χ0v) is 12.2. The number of rotatable bonds is 5. The molecule has 1 aromatic heterocycles. The molecule has 0 saturated carbocycles. The molecule has 4 heteroatoms. The van der Waals surface area contributed by atoms with Crippen LogP contribution >= 0.6 is 11.3 Å². The lowest BCUT2D eigenvalue weighted by atomic mass is 10.1. The molecule has 0 atom stereocenters. The van der Waals surface area contributed by atoms with Crippen molar-refractivity contribution in [1.29, 1.82) is 0 Å². The molecule has 0 aliphatic carbocycles. The van der Waals surface area contributed by atoms with Crippen LogP contribution in [0.2, 0.25) is 0 Å². The van der Waals surface area contributed by atoms with E-state index in [9.17, 15) is 4.79 Å². The minimum absolute atomic E-state index is 0.0904. The molecule has 100 valence electrons. The second-order valence-corrected chi connectivity index (χ2v) is 5.68. The fraction of sp³-hybridized carbons (Fsp3) is 0.333. The summed E-state index contributed by atoms with van der Waals surface area (Å²) >= 11 is 1.53. The lowest BCUT2D eigenvalue weighted by molar-refractivity contribution is 0.0189. The van der Waals surface area contributed by atoms with Gasteiger partial charge in [0.05, 0.1) is 12.1 Å². The highest BCUT2D eigenvalue weighted by Gasteiger charge is 2.23. The Balaban J connectivity index is 2.11. The van der Waals surface area contributed by atoms with Crippen LogP contribution in [0.3, 0.4) is 0 Å². The van der Waals surface area contributed by atoms with Crippen molar-refractivity contribution in [3.8, 4) is 0 Å². The van der Waals surface area contributed by atoms with E-state index in [1.54, 1.807) is 7.11 Å². The Morgan fingerprint density at radius 3 is 2.63 bits per heavy atom. The second-order valence-electron chi connectivity index (χ2n) is 4.82. The Labute approximate surface area is 117 Å². The van der Waals surface area contributed by atoms with Gasteiger partial charge in [-0.2, -0.15) is 0 Å². The standard InChI is InChI=1S/C15H17NO2S/c1-15(2,18-3)14-16-12(10-19-14)9-13(17)11-7-5-4-6-8-11/h4-8,10H,9H2,1-3H3. The first-order valence-electron chi connectivity index (χ1n) is 6.11. The number of carbonyl (C=O) groups is 1. The van der Waals surface area contributed by atoms with Gasteiger partial charge in [0.15, 0.2) is 5.78 Å². The molecule has 0 spiro atoms. The van der Waals surface area contributed by atoms with Gasteiger partial charge in [-0.1, -0.05) is 30.3 Å². The lowest BCUT2D eigenvalue weighted by Gasteiger charge is -2.19. The molecule has 0 radical (unpaired) electrons. The van der Waals surface area contributed by atoms with Gasteiger partial charge in [-0.3, -0.25) is 4.79 Å². The van der Waals surface area contributed by atoms with Crippen LogP contribution in [0, 0.1) is 0 Å². The predicted octanol–water partition coefficient (Wildman–Crippen LogP) is 3.45. The van der Waals surface area contributed by atoms with Crippen LogP contribution in [-0.4, -0.2) is 17.9 Å². The molecule has 0 saturated heterocycles. The van der Waals surface area contributed by atoms with Gasteiger partial charge in [-0.25, -0.2) is 4.98 Å². The van der Waals surface area contributed by atoms with Crippen LogP contribution in [-0.2, 0) is 16.8 Å². The topological polar surface area (TPSA) is 39.2 Å². The first-order chi connectivity index (χ1) is 9.03. The maximum Gasteiger partial charge on any atom is 0.168 e. The molecule has 0 N–H and O–H groups in total. The number of nitrogens with zero attached hydrogens (tertiary/aromatic N) is 1. The lowest BCUT2D eigenvalue weighted by Crippen LogP contribution is -2.19. The van der Waals surface area contributed by atoms with Crippen LogP contribution in [0.15, 0.2) is 35.7 Å². The molecule has 1 aromatic carbocycles. The van der Waals surface area contributed by atoms with Crippen molar-refractivity contribution in [1.82, 2.24) is 4.98 Å². The molecular weight excluding hydrogens is 258 g/mol. The minimum atomic E-state index is -0.404. The van der Waals surface area contributed by atoms with Gasteiger partial charge in [0.1, 0.15) is 10.6 Å². The quantitative estimate of drug-likeness (QED) is 0.785. The van der Waals surface area contributed by atoms with Crippen molar-refractivity contribution < 1.29 is 9.53 Å². The second kappa shape index (κ2) is 5.63. The first-order valence-corrected chi connectivity index (χ1v) is 6.99. The van der Waals surface area contributed by atoms with E-state index in [1.807, 2.05) is 49.6 Å². The summed E-state index contributed by atoms with van der Waals surface area (Å²) in [6, 6.07) is 9.30. The molecule has 0 aliphatic heterocycles. The van der Waals surface area contributed by atoms with Crippen molar-refractivity contribution in [2.24, 2.45) is 0 Å². The third-order valence-corrected chi connectivity index (χ3v) is 4.21. The smallest absolute Gasteiger partial charge is 0.168 e. The van der Waals surface area contributed by atoms with Gasteiger partial charge in [-0.15, -0.1) is 11.3 Å². The molecule has 19 heavy (non-hydrogen) atoms. The largest absolute Gasteiger partial charge is 0.372 e. The number of ether oxygens (including phenoxy) is 1. The number of aromatic nitrogens is 1. The number of methoxy groups -OCH3 is 1. The molecule has 2 aromatic rings. The van der Waals surface area contributed by atoms with Crippen LogP contribution in [0.25, 0.3) is 0 Å². The molecule has 0 unspecified atom stereocenters. The summed E-state index contributed by atoms with van der Waals surface area (Å²) in [6.07, 6.45) is 0.334. The van der Waals surface area contributed by atoms with Crippen molar-refractivity contribution in [2.75, 3.05) is 7.11 Å². The molecule has 0 bridgehead atoms. The van der Waals surface area contributed by atoms with Gasteiger partial charge in [0, 0.05) is 18.1 Å². The Bertz CT molecular complexity index is 561. The van der Waals surface area contributed by atoms with Crippen molar-refractivity contribution in [3.63, 3.8) is 0 Å². The maximum absolute atomic E-state index is 12.1. The Morgan fingerprint density at radius 2 is 2.00 bits per heavy atom. The summed E-state index contributed by atoms with van der Waals surface area (Å²) in [4.78, 5) is 16.6. The zero-order chi connectivity index (χ0) is 13.9. The fourth-order valence-electron chi connectivity index (χ4n) is 1.64. The minimum Gasteiger partial charge on any atom is -0.372 e. The van der Waals surface area contributed by atoms with Crippen LogP contribution in [0.4, 0.5) is 0 Å². The SMILES string of the molecule is COC(C)(C)c1nc(CC(=O)c2ccccc2)cs1. The number of thiazole rings is 1. The summed E-state index contributed by atoms with van der Waals surface area (Å²) in [6.45, 7) is 3.93. The highest BCUT2D eigenvalue weighted by Crippen LogP contribution is 2.27. The molecule has 0 amide bonds. The highest BCUT2D eigenvalue weighted by atomic mass is 32.1. The van der Waals surface area contributed by atoms with Gasteiger partial charge in [0.25, 0.3) is 0 Å². The normalized spacial score (nSPS) is 11.5. The molecule has 2 rings (SSSR count). The van der Waals surface area contributed by atoms with Crippen LogP contribution in [0.1, 0.15) is 34.9 Å². The Morgan fingerprint density at radius 1 is 1.32 bits per heavy atom. The third kappa shape index (κ3) is 3.28. The van der Waals surface area contributed by atoms with E-state index in [4.69, 9.17) is 4.74 Å². The van der Waals surface area contributed by atoms with E-state index in [1.165, 1.54) is 11.3 Å². The molecular formula is C15H17NO2S. The van der Waals surface area contributed by atoms with E-state index in [0.717, 1.165) is 16.3 Å². The number of ketones is 1.